The van der Waals surface area contributed by atoms with Crippen molar-refractivity contribution in [1.82, 2.24) is 13.7 Å². The molecule has 0 fully saturated rings. The molecule has 0 radical (unpaired) electrons. The van der Waals surface area contributed by atoms with Crippen molar-refractivity contribution >= 4 is 115 Å². The number of para-hydroxylation sites is 3. The molecular weight excluding hydrogens is 909 g/mol. The monoisotopic (exact) mass is 944 g/mol. The zero-order chi connectivity index (χ0) is 48.5. The molecule has 0 aliphatic heterocycles. The number of nitrogens with zero attached hydrogens (tertiary/aromatic N) is 4. The van der Waals surface area contributed by atoms with Gasteiger partial charge in [-0.05, 0) is 127 Å². The second-order valence-corrected chi connectivity index (χ2v) is 18.4. The van der Waals surface area contributed by atoms with E-state index >= 15 is 0 Å². The maximum Gasteiger partial charge on any atom is 0.192 e. The van der Waals surface area contributed by atoms with Crippen LogP contribution in [-0.2, 0) is 0 Å². The van der Waals surface area contributed by atoms with Crippen molar-refractivity contribution < 1.29 is 13.3 Å². The summed E-state index contributed by atoms with van der Waals surface area (Å²) in [4.78, 5) is 41.6. The SMILES string of the molecule is O=c1ccoc2ccc(-n3c4ccccc4c4cc(N(c5ccc6c(c5)c5ccccc5n6-c5ccc6occc(=O)c6c5)c5ccc6c(c5)c5ccccc5n6-c5ccc6occc(=O)c6c5)ccc43)cc12. The zero-order valence-corrected chi connectivity index (χ0v) is 38.5. The van der Waals surface area contributed by atoms with Crippen molar-refractivity contribution in [3.05, 3.63) is 250 Å². The molecule has 0 aliphatic rings. The maximum atomic E-state index is 13.1. The topological polar surface area (TPSA) is 109 Å². The molecule has 10 nitrogen and oxygen atoms in total. The van der Waals surface area contributed by atoms with Crippen LogP contribution in [0.25, 0.3) is 115 Å². The van der Waals surface area contributed by atoms with Crippen LogP contribution in [0.3, 0.4) is 0 Å². The minimum absolute atomic E-state index is 0.100. The Bertz CT molecular complexity index is 4530. The Hall–Kier alpha value is -10.2. The molecular formula is C63H36N4O6. The van der Waals surface area contributed by atoms with Crippen LogP contribution in [-0.4, -0.2) is 13.7 Å². The maximum absolute atomic E-state index is 13.1. The summed E-state index contributed by atoms with van der Waals surface area (Å²) < 4.78 is 23.7. The first-order valence-electron chi connectivity index (χ1n) is 23.9. The average molecular weight is 945 g/mol. The Kier molecular flexibility index (Phi) is 8.58. The Morgan fingerprint density at radius 1 is 0.274 bits per heavy atom. The molecule has 0 aliphatic carbocycles. The van der Waals surface area contributed by atoms with Gasteiger partial charge < -0.3 is 31.9 Å². The molecule has 73 heavy (non-hydrogen) atoms. The van der Waals surface area contributed by atoms with Gasteiger partial charge in [-0.25, -0.2) is 0 Å². The molecule has 0 unspecified atom stereocenters. The molecule has 15 rings (SSSR count). The van der Waals surface area contributed by atoms with Gasteiger partial charge in [-0.1, -0.05) is 54.6 Å². The van der Waals surface area contributed by atoms with Crippen molar-refractivity contribution in [2.24, 2.45) is 0 Å². The summed E-state index contributed by atoms with van der Waals surface area (Å²) in [7, 11) is 0. The predicted octanol–water partition coefficient (Wildman–Crippen LogP) is 14.8. The lowest BCUT2D eigenvalue weighted by molar-refractivity contribution is 0.602. The van der Waals surface area contributed by atoms with Gasteiger partial charge in [0, 0.05) is 84.6 Å². The molecule has 0 saturated heterocycles. The van der Waals surface area contributed by atoms with Gasteiger partial charge >= 0.3 is 0 Å². The van der Waals surface area contributed by atoms with Crippen molar-refractivity contribution in [3.8, 4) is 17.1 Å². The van der Waals surface area contributed by atoms with Gasteiger partial charge in [-0.15, -0.1) is 0 Å². The summed E-state index contributed by atoms with van der Waals surface area (Å²) in [6.07, 6.45) is 4.30. The number of fused-ring (bicyclic) bond motifs is 12. The first-order chi connectivity index (χ1) is 35.9. The Labute approximate surface area is 412 Å². The van der Waals surface area contributed by atoms with Crippen molar-refractivity contribution in [2.45, 2.75) is 0 Å². The Balaban J connectivity index is 0.975. The highest BCUT2D eigenvalue weighted by molar-refractivity contribution is 6.14. The van der Waals surface area contributed by atoms with Gasteiger partial charge in [0.05, 0.1) is 68.0 Å². The lowest BCUT2D eigenvalue weighted by atomic mass is 10.1. The molecule has 0 atom stereocenters. The number of aromatic nitrogens is 3. The van der Waals surface area contributed by atoms with Crippen LogP contribution < -0.4 is 21.2 Å². The number of anilines is 3. The third-order valence-electron chi connectivity index (χ3n) is 14.4. The van der Waals surface area contributed by atoms with Crippen molar-refractivity contribution in [1.29, 1.82) is 0 Å². The van der Waals surface area contributed by atoms with Crippen LogP contribution in [0.2, 0.25) is 0 Å². The highest BCUT2D eigenvalue weighted by atomic mass is 16.3. The quantitative estimate of drug-likeness (QED) is 0.163. The summed E-state index contributed by atoms with van der Waals surface area (Å²) in [5, 5.41) is 7.83. The number of rotatable bonds is 6. The van der Waals surface area contributed by atoms with Crippen LogP contribution in [0.15, 0.2) is 247 Å². The minimum atomic E-state index is -0.100. The molecule has 0 N–H and O–H groups in total. The van der Waals surface area contributed by atoms with E-state index in [4.69, 9.17) is 13.3 Å². The second kappa shape index (κ2) is 15.4. The first-order valence-corrected chi connectivity index (χ1v) is 23.9. The fourth-order valence-electron chi connectivity index (χ4n) is 11.2. The molecule has 0 amide bonds. The third-order valence-corrected chi connectivity index (χ3v) is 14.4. The molecule has 9 aromatic carbocycles. The highest BCUT2D eigenvalue weighted by Gasteiger charge is 2.23. The fraction of sp³-hybridized carbons (Fsp3) is 0. The average Bonchev–Trinajstić information content (AvgIpc) is 4.08. The molecule has 10 heteroatoms. The van der Waals surface area contributed by atoms with Crippen LogP contribution >= 0.6 is 0 Å². The van der Waals surface area contributed by atoms with Gasteiger partial charge in [-0.2, -0.15) is 0 Å². The van der Waals surface area contributed by atoms with E-state index in [-0.39, 0.29) is 16.3 Å². The third kappa shape index (κ3) is 6.07. The first kappa shape index (κ1) is 40.7. The minimum Gasteiger partial charge on any atom is -0.464 e. The van der Waals surface area contributed by atoms with Crippen LogP contribution in [0.4, 0.5) is 17.1 Å². The normalized spacial score (nSPS) is 12.0. The van der Waals surface area contributed by atoms with Gasteiger partial charge in [0.25, 0.3) is 0 Å². The molecule has 344 valence electrons. The van der Waals surface area contributed by atoms with E-state index in [1.807, 2.05) is 72.8 Å². The predicted molar refractivity (Wildman–Crippen MR) is 292 cm³/mol. The van der Waals surface area contributed by atoms with Crippen LogP contribution in [0.5, 0.6) is 0 Å². The standard InChI is InChI=1S/C63H36N4O6/c68-58-25-28-71-61-22-16-40(34-49(58)61)65-52-10-4-1-7-43(52)46-31-37(13-19-55(46)65)64(38-14-20-56-47(32-38)44-8-2-5-11-53(44)66(56)41-17-23-62-50(35-41)59(69)26-29-72-62)39-15-21-57-48(33-39)45-9-3-6-12-54(45)67(57)42-18-24-63-51(36-42)60(70)27-30-73-63/h1-36H. The summed E-state index contributed by atoms with van der Waals surface area (Å²) >= 11 is 0. The van der Waals surface area contributed by atoms with Gasteiger partial charge in [0.15, 0.2) is 16.3 Å². The molecule has 15 aromatic rings. The molecule has 6 heterocycles. The van der Waals surface area contributed by atoms with Gasteiger partial charge in [0.1, 0.15) is 16.7 Å². The van der Waals surface area contributed by atoms with E-state index in [9.17, 15) is 14.4 Å². The van der Waals surface area contributed by atoms with Crippen molar-refractivity contribution in [2.75, 3.05) is 4.90 Å². The van der Waals surface area contributed by atoms with E-state index in [0.717, 1.165) is 99.5 Å². The number of benzene rings is 9. The zero-order valence-electron chi connectivity index (χ0n) is 38.5. The molecule has 6 aromatic heterocycles. The van der Waals surface area contributed by atoms with Crippen LogP contribution in [0.1, 0.15) is 0 Å². The summed E-state index contributed by atoms with van der Waals surface area (Å²) in [5.41, 5.74) is 12.6. The summed E-state index contributed by atoms with van der Waals surface area (Å²) in [5.74, 6) is 0. The molecule has 0 saturated carbocycles. The second-order valence-electron chi connectivity index (χ2n) is 18.4. The van der Waals surface area contributed by atoms with E-state index in [0.29, 0.717) is 32.9 Å². The number of hydrogen-bond donors (Lipinski definition) is 0. The fourth-order valence-corrected chi connectivity index (χ4v) is 11.2. The smallest absolute Gasteiger partial charge is 0.192 e. The summed E-state index contributed by atoms with van der Waals surface area (Å²) in [6, 6.07) is 66.5. The molecule has 0 bridgehead atoms. The largest absolute Gasteiger partial charge is 0.464 e. The van der Waals surface area contributed by atoms with Gasteiger partial charge in [-0.3, -0.25) is 14.4 Å². The Morgan fingerprint density at radius 2 is 0.575 bits per heavy atom. The highest BCUT2D eigenvalue weighted by Crippen LogP contribution is 2.44. The lowest BCUT2D eigenvalue weighted by Gasteiger charge is -2.26. The van der Waals surface area contributed by atoms with Crippen LogP contribution in [0, 0.1) is 0 Å². The summed E-state index contributed by atoms with van der Waals surface area (Å²) in [6.45, 7) is 0. The number of hydrogen-bond acceptors (Lipinski definition) is 7. The van der Waals surface area contributed by atoms with E-state index < -0.39 is 0 Å². The lowest BCUT2D eigenvalue weighted by Crippen LogP contribution is -2.10. The van der Waals surface area contributed by atoms with E-state index in [1.54, 1.807) is 0 Å². The Morgan fingerprint density at radius 3 is 0.904 bits per heavy atom. The molecule has 0 spiro atoms. The van der Waals surface area contributed by atoms with Gasteiger partial charge in [0.2, 0.25) is 0 Å². The van der Waals surface area contributed by atoms with Crippen molar-refractivity contribution in [3.63, 3.8) is 0 Å². The van der Waals surface area contributed by atoms with E-state index in [1.165, 1.54) is 37.0 Å². The van der Waals surface area contributed by atoms with E-state index in [2.05, 4.69) is 128 Å².